The Morgan fingerprint density at radius 1 is 0.348 bits per heavy atom. The number of anilines is 3. The molecule has 0 radical (unpaired) electrons. The van der Waals surface area contributed by atoms with Crippen LogP contribution in [-0.2, 0) is 32.5 Å². The molecule has 4 saturated carbocycles. The molecule has 0 heterocycles. The number of fused-ring (bicyclic) bond motifs is 8. The average Bonchev–Trinajstić information content (AvgIpc) is 3.70. The van der Waals surface area contributed by atoms with Gasteiger partial charge in [-0.25, -0.2) is 0 Å². The summed E-state index contributed by atoms with van der Waals surface area (Å²) in [6.45, 7) is 24.6. The fraction of sp³-hybridized carbons (Fsp3) is 0.446. The number of benzene rings is 6. The molecular formula is C65H71N. The van der Waals surface area contributed by atoms with Crippen LogP contribution in [0.4, 0.5) is 17.1 Å². The van der Waals surface area contributed by atoms with Crippen LogP contribution in [0.2, 0.25) is 0 Å². The Kier molecular flexibility index (Phi) is 8.40. The normalized spacial score (nSPS) is 27.7. The summed E-state index contributed by atoms with van der Waals surface area (Å²) >= 11 is 0. The average molecular weight is 866 g/mol. The molecular weight excluding hydrogens is 795 g/mol. The fourth-order valence-corrected chi connectivity index (χ4v) is 16.3. The molecule has 336 valence electrons. The first-order valence-corrected chi connectivity index (χ1v) is 26.0. The Balaban J connectivity index is 1.01. The third kappa shape index (κ3) is 5.58. The summed E-state index contributed by atoms with van der Waals surface area (Å²) in [5.41, 5.74) is 25.3. The second kappa shape index (κ2) is 13.4. The van der Waals surface area contributed by atoms with Gasteiger partial charge < -0.3 is 4.90 Å². The van der Waals surface area contributed by atoms with Crippen molar-refractivity contribution in [2.24, 2.45) is 23.7 Å². The van der Waals surface area contributed by atoms with E-state index in [-0.39, 0.29) is 32.5 Å². The van der Waals surface area contributed by atoms with Crippen molar-refractivity contribution in [3.05, 3.63) is 160 Å². The minimum atomic E-state index is -0.0821. The molecule has 66 heavy (non-hydrogen) atoms. The van der Waals surface area contributed by atoms with Crippen LogP contribution in [0.3, 0.4) is 0 Å². The van der Waals surface area contributed by atoms with Gasteiger partial charge in [0.2, 0.25) is 0 Å². The quantitative estimate of drug-likeness (QED) is 0.171. The maximum atomic E-state index is 2.72. The van der Waals surface area contributed by atoms with Gasteiger partial charge in [0.05, 0.1) is 0 Å². The van der Waals surface area contributed by atoms with Gasteiger partial charge in [0.15, 0.2) is 0 Å². The molecule has 4 fully saturated rings. The van der Waals surface area contributed by atoms with Crippen LogP contribution < -0.4 is 4.90 Å². The molecule has 6 aromatic carbocycles. The Bertz CT molecular complexity index is 3010. The van der Waals surface area contributed by atoms with Crippen LogP contribution in [0.5, 0.6) is 0 Å². The Hall–Kier alpha value is -4.88. The van der Waals surface area contributed by atoms with Gasteiger partial charge in [-0.3, -0.25) is 0 Å². The van der Waals surface area contributed by atoms with Crippen LogP contribution in [-0.4, -0.2) is 0 Å². The van der Waals surface area contributed by atoms with E-state index in [0.717, 1.165) is 11.8 Å². The maximum absolute atomic E-state index is 2.72. The molecule has 1 heteroatoms. The largest absolute Gasteiger partial charge is 0.310 e. The molecule has 0 atom stereocenters. The summed E-state index contributed by atoms with van der Waals surface area (Å²) < 4.78 is 0. The van der Waals surface area contributed by atoms with Gasteiger partial charge in [0.1, 0.15) is 0 Å². The molecule has 0 saturated heterocycles. The lowest BCUT2D eigenvalue weighted by Crippen LogP contribution is -2.55. The molecule has 14 rings (SSSR count). The van der Waals surface area contributed by atoms with E-state index in [9.17, 15) is 0 Å². The fourth-order valence-electron chi connectivity index (χ4n) is 16.3. The molecule has 0 aliphatic heterocycles. The van der Waals surface area contributed by atoms with Crippen molar-refractivity contribution in [2.45, 2.75) is 160 Å². The summed E-state index contributed by atoms with van der Waals surface area (Å²) in [7, 11) is 0. The number of hydrogen-bond donors (Lipinski definition) is 0. The summed E-state index contributed by atoms with van der Waals surface area (Å²) in [4.78, 5) is 2.66. The van der Waals surface area contributed by atoms with Crippen LogP contribution in [0.25, 0.3) is 33.4 Å². The van der Waals surface area contributed by atoms with Gasteiger partial charge in [-0.15, -0.1) is 0 Å². The van der Waals surface area contributed by atoms with Crippen molar-refractivity contribution in [3.8, 4) is 33.4 Å². The first-order chi connectivity index (χ1) is 31.4. The zero-order valence-corrected chi connectivity index (χ0v) is 41.6. The lowest BCUT2D eigenvalue weighted by atomic mass is 9.43. The molecule has 4 bridgehead atoms. The van der Waals surface area contributed by atoms with Crippen molar-refractivity contribution in [2.75, 3.05) is 4.90 Å². The van der Waals surface area contributed by atoms with Gasteiger partial charge in [0, 0.05) is 27.9 Å². The van der Waals surface area contributed by atoms with Crippen molar-refractivity contribution in [3.63, 3.8) is 0 Å². The van der Waals surface area contributed by atoms with Gasteiger partial charge in [-0.2, -0.15) is 0 Å². The highest BCUT2D eigenvalue weighted by Crippen LogP contribution is 2.70. The van der Waals surface area contributed by atoms with Crippen molar-refractivity contribution < 1.29 is 0 Å². The van der Waals surface area contributed by atoms with Crippen molar-refractivity contribution in [1.29, 1.82) is 0 Å². The van der Waals surface area contributed by atoms with Crippen molar-refractivity contribution >= 4 is 17.1 Å². The third-order valence-electron chi connectivity index (χ3n) is 20.0. The maximum Gasteiger partial charge on any atom is 0.0465 e. The zero-order valence-electron chi connectivity index (χ0n) is 41.6. The van der Waals surface area contributed by atoms with E-state index in [1.807, 2.05) is 0 Å². The first-order valence-electron chi connectivity index (χ1n) is 26.0. The topological polar surface area (TPSA) is 3.24 Å². The zero-order chi connectivity index (χ0) is 45.5. The molecule has 0 amide bonds. The SMILES string of the molecule is CC1(C)CCC(C)(C)c2cc(-c3ccc4c(c3)C3(c5cc(N(c6ccc7c(c6)C(C)(C)CCC7(C)C)c6ccc7c(c6)C(C)(C)c6ccccc6-7)ccc5-4)C4CC5CC(C4)CC3C5)ccc21. The van der Waals surface area contributed by atoms with E-state index in [1.54, 1.807) is 22.3 Å². The standard InChI is InChI=1S/C65H71N/c1-60(2)25-27-62(5,6)58-35-42(16-23-53(58)60)41-15-20-50-51-22-18-46(37-57(51)65(56(50)34-41)43-30-39-29-40(32-43)33-44(65)31-39)66(47-19-24-54-59(38-47)63(7,8)28-26-61(54,3)4)45-17-21-49-48-13-11-12-14-52(48)64(9,10)55(49)36-45/h11-24,34-40,43-44H,25-33H2,1-10H3. The van der Waals surface area contributed by atoms with Crippen LogP contribution in [0, 0.1) is 23.7 Å². The molecule has 1 spiro atoms. The number of nitrogens with zero attached hydrogens (tertiary/aromatic N) is 1. The van der Waals surface area contributed by atoms with E-state index in [1.165, 1.54) is 130 Å². The summed E-state index contributed by atoms with van der Waals surface area (Å²) in [6, 6.07) is 47.1. The highest BCUT2D eigenvalue weighted by Gasteiger charge is 2.62. The highest BCUT2D eigenvalue weighted by atomic mass is 15.1. The summed E-state index contributed by atoms with van der Waals surface area (Å²) in [5.74, 6) is 3.15. The van der Waals surface area contributed by atoms with Crippen molar-refractivity contribution in [1.82, 2.24) is 0 Å². The summed E-state index contributed by atoms with van der Waals surface area (Å²) in [5, 5.41) is 0. The first kappa shape index (κ1) is 41.3. The summed E-state index contributed by atoms with van der Waals surface area (Å²) in [6.07, 6.45) is 11.9. The Morgan fingerprint density at radius 2 is 0.742 bits per heavy atom. The van der Waals surface area contributed by atoms with Gasteiger partial charge in [-0.05, 0) is 223 Å². The molecule has 8 aliphatic carbocycles. The monoisotopic (exact) mass is 866 g/mol. The Morgan fingerprint density at radius 3 is 1.33 bits per heavy atom. The smallest absolute Gasteiger partial charge is 0.0465 e. The predicted octanol–water partition coefficient (Wildman–Crippen LogP) is 17.6. The molecule has 0 unspecified atom stereocenters. The van der Waals surface area contributed by atoms with E-state index in [4.69, 9.17) is 0 Å². The molecule has 8 aliphatic rings. The van der Waals surface area contributed by atoms with E-state index >= 15 is 0 Å². The molecule has 0 aromatic heterocycles. The molecule has 1 nitrogen and oxygen atoms in total. The number of rotatable bonds is 4. The van der Waals surface area contributed by atoms with Crippen LogP contribution in [0.1, 0.15) is 172 Å². The minimum Gasteiger partial charge on any atom is -0.310 e. The second-order valence-electron chi connectivity index (χ2n) is 25.9. The van der Waals surface area contributed by atoms with Crippen LogP contribution >= 0.6 is 0 Å². The van der Waals surface area contributed by atoms with Crippen LogP contribution in [0.15, 0.2) is 115 Å². The minimum absolute atomic E-state index is 0.0364. The predicted molar refractivity (Wildman–Crippen MR) is 278 cm³/mol. The molecule has 0 N–H and O–H groups in total. The van der Waals surface area contributed by atoms with Gasteiger partial charge >= 0.3 is 0 Å². The van der Waals surface area contributed by atoms with Gasteiger partial charge in [-0.1, -0.05) is 142 Å². The van der Waals surface area contributed by atoms with E-state index < -0.39 is 0 Å². The van der Waals surface area contributed by atoms with Gasteiger partial charge in [0.25, 0.3) is 0 Å². The van der Waals surface area contributed by atoms with E-state index in [0.29, 0.717) is 11.8 Å². The third-order valence-corrected chi connectivity index (χ3v) is 20.0. The highest BCUT2D eigenvalue weighted by molar-refractivity contribution is 5.90. The van der Waals surface area contributed by atoms with E-state index in [2.05, 4.69) is 189 Å². The lowest BCUT2D eigenvalue weighted by Gasteiger charge is -2.61. The number of hydrogen-bond acceptors (Lipinski definition) is 1. The molecule has 6 aromatic rings. The second-order valence-corrected chi connectivity index (χ2v) is 25.9. The Labute approximate surface area is 396 Å². The lowest BCUT2D eigenvalue weighted by molar-refractivity contribution is -0.0399.